The van der Waals surface area contributed by atoms with Gasteiger partial charge in [-0.25, -0.2) is 15.0 Å². The molecule has 5 heteroatoms. The molecule has 242 valence electrons. The standard InChI is InChI=1S/C47H29N5/c1-3-14-30(15-4-1)45-48-46(31-16-5-2-6-17-31)50-47(49-45)33-19-13-20-34(28-33)51-39-24-11-9-22-36(39)44-41(51)27-26-37-42-29-32-18-7-10-23-38(32)52(42)40-25-12-8-21-35(40)43(37)44/h1-29H. The van der Waals surface area contributed by atoms with Crippen LogP contribution in [0.1, 0.15) is 0 Å². The molecule has 0 radical (unpaired) electrons. The van der Waals surface area contributed by atoms with Crippen molar-refractivity contribution >= 4 is 59.9 Å². The van der Waals surface area contributed by atoms with Crippen LogP contribution in [-0.4, -0.2) is 23.9 Å². The van der Waals surface area contributed by atoms with Crippen molar-refractivity contribution in [2.24, 2.45) is 0 Å². The summed E-state index contributed by atoms with van der Waals surface area (Å²) in [5, 5.41) is 7.46. The van der Waals surface area contributed by atoms with Crippen molar-refractivity contribution in [1.29, 1.82) is 0 Å². The van der Waals surface area contributed by atoms with Gasteiger partial charge in [-0.05, 0) is 42.5 Å². The van der Waals surface area contributed by atoms with E-state index in [1.807, 2.05) is 60.7 Å². The average Bonchev–Trinajstić information content (AvgIpc) is 3.78. The molecule has 0 aliphatic rings. The number of nitrogens with zero attached hydrogens (tertiary/aromatic N) is 5. The van der Waals surface area contributed by atoms with Crippen LogP contribution in [0.15, 0.2) is 176 Å². The molecular weight excluding hydrogens is 635 g/mol. The van der Waals surface area contributed by atoms with Gasteiger partial charge in [0.05, 0.1) is 27.6 Å². The Morgan fingerprint density at radius 2 is 0.865 bits per heavy atom. The molecule has 0 atom stereocenters. The molecule has 4 aromatic heterocycles. The molecule has 0 aliphatic heterocycles. The lowest BCUT2D eigenvalue weighted by Gasteiger charge is -2.13. The van der Waals surface area contributed by atoms with Crippen molar-refractivity contribution in [2.45, 2.75) is 0 Å². The van der Waals surface area contributed by atoms with E-state index in [9.17, 15) is 0 Å². The third-order valence-corrected chi connectivity index (χ3v) is 10.3. The fourth-order valence-electron chi connectivity index (χ4n) is 8.05. The minimum absolute atomic E-state index is 0.634. The Morgan fingerprint density at radius 3 is 1.58 bits per heavy atom. The Bertz CT molecular complexity index is 3120. The van der Waals surface area contributed by atoms with Crippen molar-refractivity contribution in [2.75, 3.05) is 0 Å². The van der Waals surface area contributed by atoms with Gasteiger partial charge >= 0.3 is 0 Å². The molecule has 52 heavy (non-hydrogen) atoms. The van der Waals surface area contributed by atoms with E-state index in [-0.39, 0.29) is 0 Å². The largest absolute Gasteiger partial charge is 0.309 e. The van der Waals surface area contributed by atoms with E-state index in [1.54, 1.807) is 0 Å². The topological polar surface area (TPSA) is 48.0 Å². The lowest BCUT2D eigenvalue weighted by molar-refractivity contribution is 1.07. The molecule has 11 rings (SSSR count). The molecule has 7 aromatic carbocycles. The summed E-state index contributed by atoms with van der Waals surface area (Å²) in [6.45, 7) is 0. The molecule has 0 bridgehead atoms. The summed E-state index contributed by atoms with van der Waals surface area (Å²) >= 11 is 0. The second-order valence-corrected chi connectivity index (χ2v) is 13.3. The number of pyridine rings is 1. The Hall–Kier alpha value is -7.11. The number of benzene rings is 7. The van der Waals surface area contributed by atoms with Gasteiger partial charge in [-0.2, -0.15) is 0 Å². The molecular formula is C47H29N5. The zero-order valence-corrected chi connectivity index (χ0v) is 28.0. The quantitative estimate of drug-likeness (QED) is 0.176. The molecule has 0 aliphatic carbocycles. The van der Waals surface area contributed by atoms with E-state index < -0.39 is 0 Å². The van der Waals surface area contributed by atoms with Crippen LogP contribution in [0.5, 0.6) is 0 Å². The van der Waals surface area contributed by atoms with E-state index in [0.717, 1.165) is 33.4 Å². The van der Waals surface area contributed by atoms with Crippen LogP contribution >= 0.6 is 0 Å². The predicted octanol–water partition coefficient (Wildman–Crippen LogP) is 11.7. The number of aromatic nitrogens is 5. The SMILES string of the molecule is c1ccc(-c2nc(-c3ccccc3)nc(-c3cccc(-n4c5ccccc5c5c6c7ccccc7n7c8ccccc8cc7c6ccc54)c3)n2)cc1. The maximum atomic E-state index is 5.03. The first kappa shape index (κ1) is 28.7. The Morgan fingerprint density at radius 1 is 0.327 bits per heavy atom. The zero-order chi connectivity index (χ0) is 34.2. The summed E-state index contributed by atoms with van der Waals surface area (Å²) in [6.07, 6.45) is 0. The van der Waals surface area contributed by atoms with Crippen molar-refractivity contribution < 1.29 is 0 Å². The maximum Gasteiger partial charge on any atom is 0.164 e. The number of hydrogen-bond acceptors (Lipinski definition) is 3. The Labute approximate surface area is 298 Å². The van der Waals surface area contributed by atoms with Crippen molar-refractivity contribution in [3.8, 4) is 39.9 Å². The fraction of sp³-hybridized carbons (Fsp3) is 0. The predicted molar refractivity (Wildman–Crippen MR) is 214 cm³/mol. The highest BCUT2D eigenvalue weighted by Crippen LogP contribution is 2.43. The Balaban J connectivity index is 1.18. The first-order chi connectivity index (χ1) is 25.8. The van der Waals surface area contributed by atoms with Crippen molar-refractivity contribution in [3.63, 3.8) is 0 Å². The zero-order valence-electron chi connectivity index (χ0n) is 28.0. The highest BCUT2D eigenvalue weighted by molar-refractivity contribution is 6.31. The molecule has 0 saturated heterocycles. The third-order valence-electron chi connectivity index (χ3n) is 10.3. The maximum absolute atomic E-state index is 5.03. The average molecular weight is 664 g/mol. The van der Waals surface area contributed by atoms with Gasteiger partial charge in [0, 0.05) is 54.7 Å². The number of hydrogen-bond donors (Lipinski definition) is 0. The van der Waals surface area contributed by atoms with Crippen LogP contribution in [0.25, 0.3) is 99.8 Å². The summed E-state index contributed by atoms with van der Waals surface area (Å²) in [4.78, 5) is 15.0. The smallest absolute Gasteiger partial charge is 0.164 e. The van der Waals surface area contributed by atoms with E-state index >= 15 is 0 Å². The van der Waals surface area contributed by atoms with E-state index in [2.05, 4.69) is 124 Å². The van der Waals surface area contributed by atoms with Gasteiger partial charge < -0.3 is 8.97 Å². The summed E-state index contributed by atoms with van der Waals surface area (Å²) in [5.41, 5.74) is 9.82. The van der Waals surface area contributed by atoms with Gasteiger partial charge in [0.1, 0.15) is 0 Å². The summed E-state index contributed by atoms with van der Waals surface area (Å²) in [5.74, 6) is 1.93. The molecule has 0 fully saturated rings. The molecule has 0 N–H and O–H groups in total. The van der Waals surface area contributed by atoms with E-state index in [4.69, 9.17) is 15.0 Å². The van der Waals surface area contributed by atoms with Gasteiger partial charge in [0.15, 0.2) is 17.5 Å². The second kappa shape index (κ2) is 11.2. The first-order valence-corrected chi connectivity index (χ1v) is 17.5. The molecule has 11 aromatic rings. The molecule has 0 saturated carbocycles. The van der Waals surface area contributed by atoms with Crippen LogP contribution in [0, 0.1) is 0 Å². The lowest BCUT2D eigenvalue weighted by Crippen LogP contribution is -2.01. The summed E-state index contributed by atoms with van der Waals surface area (Å²) < 4.78 is 4.81. The molecule has 0 unspecified atom stereocenters. The number of para-hydroxylation sites is 3. The van der Waals surface area contributed by atoms with Crippen LogP contribution in [0.2, 0.25) is 0 Å². The van der Waals surface area contributed by atoms with Crippen LogP contribution in [0.3, 0.4) is 0 Å². The first-order valence-electron chi connectivity index (χ1n) is 17.5. The van der Waals surface area contributed by atoms with Crippen molar-refractivity contribution in [1.82, 2.24) is 23.9 Å². The van der Waals surface area contributed by atoms with E-state index in [1.165, 1.54) is 48.9 Å². The highest BCUT2D eigenvalue weighted by atomic mass is 15.0. The summed E-state index contributed by atoms with van der Waals surface area (Å²) in [6, 6.07) is 62.0. The number of fused-ring (bicyclic) bond motifs is 12. The Kier molecular flexibility index (Phi) is 6.18. The van der Waals surface area contributed by atoms with Gasteiger partial charge in [0.2, 0.25) is 0 Å². The third kappa shape index (κ3) is 4.26. The van der Waals surface area contributed by atoms with Crippen molar-refractivity contribution in [3.05, 3.63) is 176 Å². The molecule has 0 spiro atoms. The highest BCUT2D eigenvalue weighted by Gasteiger charge is 2.20. The minimum atomic E-state index is 0.634. The van der Waals surface area contributed by atoms with Gasteiger partial charge in [-0.15, -0.1) is 0 Å². The van der Waals surface area contributed by atoms with Crippen LogP contribution in [-0.2, 0) is 0 Å². The van der Waals surface area contributed by atoms with Crippen LogP contribution < -0.4 is 0 Å². The summed E-state index contributed by atoms with van der Waals surface area (Å²) in [7, 11) is 0. The molecule has 5 nitrogen and oxygen atoms in total. The lowest BCUT2D eigenvalue weighted by atomic mass is 9.99. The van der Waals surface area contributed by atoms with E-state index in [0.29, 0.717) is 17.5 Å². The monoisotopic (exact) mass is 663 g/mol. The minimum Gasteiger partial charge on any atom is -0.309 e. The van der Waals surface area contributed by atoms with Crippen LogP contribution in [0.4, 0.5) is 0 Å². The molecule has 0 amide bonds. The second-order valence-electron chi connectivity index (χ2n) is 13.3. The number of rotatable bonds is 4. The van der Waals surface area contributed by atoms with Gasteiger partial charge in [0.25, 0.3) is 0 Å². The van der Waals surface area contributed by atoms with Gasteiger partial charge in [-0.1, -0.05) is 133 Å². The molecule has 4 heterocycles. The normalized spacial score (nSPS) is 11.8. The fourth-order valence-corrected chi connectivity index (χ4v) is 8.05. The van der Waals surface area contributed by atoms with Gasteiger partial charge in [-0.3, -0.25) is 0 Å².